The lowest BCUT2D eigenvalue weighted by Crippen LogP contribution is -1.94. The maximum atomic E-state index is 9.76. The highest BCUT2D eigenvalue weighted by atomic mass is 16.4. The van der Waals surface area contributed by atoms with Crippen LogP contribution >= 0.6 is 0 Å². The molecule has 17 heavy (non-hydrogen) atoms. The Hall–Kier alpha value is -1.09. The average molecular weight is 239 g/mol. The van der Waals surface area contributed by atoms with Crippen LogP contribution in [0.25, 0.3) is 0 Å². The van der Waals surface area contributed by atoms with Gasteiger partial charge in [-0.05, 0) is 46.5 Å². The van der Waals surface area contributed by atoms with E-state index in [1.165, 1.54) is 11.1 Å². The highest BCUT2D eigenvalue weighted by Gasteiger charge is 2.28. The van der Waals surface area contributed by atoms with Gasteiger partial charge in [0.15, 0.2) is 0 Å². The molecule has 3 nitrogen and oxygen atoms in total. The smallest absolute Gasteiger partial charge is 0.306 e. The third-order valence-corrected chi connectivity index (χ3v) is 2.48. The number of aliphatic carboxylic acids is 1. The molecule has 1 fully saturated rings. The van der Waals surface area contributed by atoms with Gasteiger partial charge in [0.1, 0.15) is 0 Å². The predicted octanol–water partition coefficient (Wildman–Crippen LogP) is 3.12. The molecule has 0 spiro atoms. The zero-order valence-electron chi connectivity index (χ0n) is 11.2. The maximum Gasteiger partial charge on any atom is 0.306 e. The number of nitrogens with two attached hydrogens (primary N) is 1. The number of rotatable bonds is 5. The van der Waals surface area contributed by atoms with Crippen LogP contribution in [0.3, 0.4) is 0 Å². The van der Waals surface area contributed by atoms with E-state index in [1.807, 2.05) is 0 Å². The number of hydrogen-bond acceptors (Lipinski definition) is 2. The van der Waals surface area contributed by atoms with Crippen molar-refractivity contribution in [2.75, 3.05) is 6.54 Å². The van der Waals surface area contributed by atoms with Crippen LogP contribution in [0, 0.1) is 5.92 Å². The quantitative estimate of drug-likeness (QED) is 0.724. The second-order valence-electron chi connectivity index (χ2n) is 4.72. The summed E-state index contributed by atoms with van der Waals surface area (Å²) >= 11 is 0. The van der Waals surface area contributed by atoms with E-state index in [2.05, 4.69) is 32.9 Å². The van der Waals surface area contributed by atoms with Gasteiger partial charge < -0.3 is 10.8 Å². The van der Waals surface area contributed by atoms with Crippen molar-refractivity contribution >= 4 is 5.97 Å². The third-order valence-electron chi connectivity index (χ3n) is 2.48. The molecule has 0 unspecified atom stereocenters. The van der Waals surface area contributed by atoms with E-state index in [0.717, 1.165) is 25.7 Å². The van der Waals surface area contributed by atoms with Crippen molar-refractivity contribution in [2.45, 2.75) is 46.5 Å². The molecule has 1 aliphatic rings. The topological polar surface area (TPSA) is 63.3 Å². The Labute approximate surface area is 104 Å². The first-order chi connectivity index (χ1) is 7.97. The fourth-order valence-electron chi connectivity index (χ4n) is 1.22. The van der Waals surface area contributed by atoms with Crippen molar-refractivity contribution in [3.05, 3.63) is 23.3 Å². The van der Waals surface area contributed by atoms with E-state index in [0.29, 0.717) is 6.54 Å². The van der Waals surface area contributed by atoms with Crippen LogP contribution in [0.1, 0.15) is 46.5 Å². The van der Waals surface area contributed by atoms with Crippen LogP contribution in [-0.4, -0.2) is 17.6 Å². The predicted molar refractivity (Wildman–Crippen MR) is 71.8 cm³/mol. The minimum atomic E-state index is -0.630. The second kappa shape index (κ2) is 8.99. The summed E-state index contributed by atoms with van der Waals surface area (Å²) in [5.41, 5.74) is 8.16. The number of carboxylic acid groups (broad SMARTS) is 1. The molecule has 0 atom stereocenters. The Morgan fingerprint density at radius 2 is 1.88 bits per heavy atom. The second-order valence-corrected chi connectivity index (χ2v) is 4.72. The van der Waals surface area contributed by atoms with E-state index in [4.69, 9.17) is 10.8 Å². The van der Waals surface area contributed by atoms with E-state index < -0.39 is 5.97 Å². The van der Waals surface area contributed by atoms with E-state index in [9.17, 15) is 4.79 Å². The fraction of sp³-hybridized carbons (Fsp3) is 0.643. The van der Waals surface area contributed by atoms with Crippen LogP contribution in [0.4, 0.5) is 0 Å². The van der Waals surface area contributed by atoms with Gasteiger partial charge in [-0.3, -0.25) is 4.79 Å². The van der Waals surface area contributed by atoms with E-state index >= 15 is 0 Å². The molecule has 0 aromatic carbocycles. The van der Waals surface area contributed by atoms with Crippen LogP contribution in [0.2, 0.25) is 0 Å². The minimum absolute atomic E-state index is 0.0185. The number of hydrogen-bond donors (Lipinski definition) is 2. The molecule has 3 heteroatoms. The van der Waals surface area contributed by atoms with Gasteiger partial charge in [0.2, 0.25) is 0 Å². The van der Waals surface area contributed by atoms with Crippen molar-refractivity contribution in [1.29, 1.82) is 0 Å². The van der Waals surface area contributed by atoms with Crippen molar-refractivity contribution in [2.24, 2.45) is 11.7 Å². The van der Waals surface area contributed by atoms with Gasteiger partial charge in [0.05, 0.1) is 5.92 Å². The molecule has 0 aliphatic heterocycles. The number of carboxylic acids is 1. The summed E-state index contributed by atoms with van der Waals surface area (Å²) in [6, 6.07) is 0. The Morgan fingerprint density at radius 1 is 1.29 bits per heavy atom. The zero-order valence-corrected chi connectivity index (χ0v) is 11.2. The molecule has 0 amide bonds. The summed E-state index contributed by atoms with van der Waals surface area (Å²) in [7, 11) is 0. The van der Waals surface area contributed by atoms with Crippen LogP contribution in [0.5, 0.6) is 0 Å². The number of allylic oxidation sites excluding steroid dienone is 3. The van der Waals surface area contributed by atoms with Gasteiger partial charge in [-0.2, -0.15) is 0 Å². The van der Waals surface area contributed by atoms with Crippen LogP contribution < -0.4 is 5.73 Å². The molecule has 98 valence electrons. The molecule has 0 aromatic heterocycles. The van der Waals surface area contributed by atoms with E-state index in [1.54, 1.807) is 0 Å². The first kappa shape index (κ1) is 15.9. The van der Waals surface area contributed by atoms with Crippen LogP contribution in [-0.2, 0) is 4.79 Å². The molecule has 3 N–H and O–H groups in total. The summed E-state index contributed by atoms with van der Waals surface area (Å²) in [5, 5.41) is 8.05. The largest absolute Gasteiger partial charge is 0.481 e. The Kier molecular flexibility index (Phi) is 8.42. The van der Waals surface area contributed by atoms with Gasteiger partial charge in [-0.1, -0.05) is 23.3 Å². The molecular formula is C14H25NO2. The summed E-state index contributed by atoms with van der Waals surface area (Å²) in [6.45, 7) is 7.05. The Balaban J connectivity index is 0.000000354. The van der Waals surface area contributed by atoms with Crippen molar-refractivity contribution in [1.82, 2.24) is 0 Å². The fourth-order valence-corrected chi connectivity index (χ4v) is 1.22. The standard InChI is InChI=1S/C10H19N.C4H6O2/c1-9(2)5-4-6-10(3)7-8-11;5-4(6)3-1-2-3/h5,7H,4,6,8,11H2,1-3H3;3H,1-2H2,(H,5,6)/b10-7+;. The lowest BCUT2D eigenvalue weighted by atomic mass is 10.1. The molecule has 1 aliphatic carbocycles. The summed E-state index contributed by atoms with van der Waals surface area (Å²) in [4.78, 5) is 9.76. The molecule has 1 saturated carbocycles. The van der Waals surface area contributed by atoms with Gasteiger partial charge in [0, 0.05) is 6.54 Å². The highest BCUT2D eigenvalue weighted by molar-refractivity contribution is 5.72. The third kappa shape index (κ3) is 11.2. The first-order valence-corrected chi connectivity index (χ1v) is 6.19. The van der Waals surface area contributed by atoms with E-state index in [-0.39, 0.29) is 5.92 Å². The summed E-state index contributed by atoms with van der Waals surface area (Å²) < 4.78 is 0. The lowest BCUT2D eigenvalue weighted by Gasteiger charge is -1.96. The molecule has 0 bridgehead atoms. The molecule has 0 saturated heterocycles. The first-order valence-electron chi connectivity index (χ1n) is 6.19. The Morgan fingerprint density at radius 3 is 2.18 bits per heavy atom. The molecule has 0 aromatic rings. The summed E-state index contributed by atoms with van der Waals surface area (Å²) in [6.07, 6.45) is 8.42. The minimum Gasteiger partial charge on any atom is -0.481 e. The molecule has 0 radical (unpaired) electrons. The van der Waals surface area contributed by atoms with Crippen molar-refractivity contribution < 1.29 is 9.90 Å². The van der Waals surface area contributed by atoms with Gasteiger partial charge in [-0.25, -0.2) is 0 Å². The average Bonchev–Trinajstić information content (AvgIpc) is 3.01. The highest BCUT2D eigenvalue weighted by Crippen LogP contribution is 2.28. The van der Waals surface area contributed by atoms with Crippen molar-refractivity contribution in [3.63, 3.8) is 0 Å². The molecular weight excluding hydrogens is 214 g/mol. The molecule has 0 heterocycles. The van der Waals surface area contributed by atoms with Gasteiger partial charge in [0.25, 0.3) is 0 Å². The van der Waals surface area contributed by atoms with Crippen molar-refractivity contribution in [3.8, 4) is 0 Å². The molecule has 1 rings (SSSR count). The Bertz CT molecular complexity index is 285. The lowest BCUT2D eigenvalue weighted by molar-refractivity contribution is -0.138. The summed E-state index contributed by atoms with van der Waals surface area (Å²) in [5.74, 6) is -0.611. The number of carbonyl (C=O) groups is 1. The van der Waals surface area contributed by atoms with Gasteiger partial charge in [-0.15, -0.1) is 0 Å². The SMILES string of the molecule is CC(C)=CCC/C(C)=C/CN.O=C(O)C1CC1. The maximum absolute atomic E-state index is 9.76. The van der Waals surface area contributed by atoms with Crippen LogP contribution in [0.15, 0.2) is 23.3 Å². The normalized spacial score (nSPS) is 14.7. The zero-order chi connectivity index (χ0) is 13.3. The monoisotopic (exact) mass is 239 g/mol. The van der Waals surface area contributed by atoms with Gasteiger partial charge >= 0.3 is 5.97 Å².